The zero-order valence-electron chi connectivity index (χ0n) is 17.3. The predicted molar refractivity (Wildman–Crippen MR) is 110 cm³/mol. The van der Waals surface area contributed by atoms with E-state index in [-0.39, 0.29) is 37.0 Å². The van der Waals surface area contributed by atoms with Crippen molar-refractivity contribution in [1.82, 2.24) is 20.5 Å². The Bertz CT molecular complexity index is 669. The molecule has 1 aromatic rings. The van der Waals surface area contributed by atoms with Crippen LogP contribution in [0.5, 0.6) is 0 Å². The first kappa shape index (κ1) is 22.6. The zero-order chi connectivity index (χ0) is 21.2. The molecule has 0 saturated carbocycles. The first-order valence-corrected chi connectivity index (χ1v) is 10.7. The van der Waals surface area contributed by atoms with Gasteiger partial charge in [-0.25, -0.2) is 0 Å². The number of hydrogen-bond donors (Lipinski definition) is 3. The highest BCUT2D eigenvalue weighted by atomic mass is 16.5. The number of carbonyl (C=O) groups excluding carboxylic acids is 2. The Morgan fingerprint density at radius 3 is 2.67 bits per heavy atom. The maximum atomic E-state index is 12.3. The minimum atomic E-state index is -0.498. The Morgan fingerprint density at radius 2 is 1.93 bits per heavy atom. The van der Waals surface area contributed by atoms with E-state index in [9.17, 15) is 14.7 Å². The van der Waals surface area contributed by atoms with Gasteiger partial charge in [-0.1, -0.05) is 0 Å². The highest BCUT2D eigenvalue weighted by Gasteiger charge is 2.33. The Hall–Kier alpha value is -2.07. The normalized spacial score (nSPS) is 24.9. The van der Waals surface area contributed by atoms with Gasteiger partial charge in [-0.05, 0) is 37.0 Å². The van der Waals surface area contributed by atoms with Crippen LogP contribution in [0.1, 0.15) is 24.8 Å². The molecule has 0 bridgehead atoms. The van der Waals surface area contributed by atoms with E-state index in [0.717, 1.165) is 25.1 Å². The molecular weight excluding hydrogens is 388 g/mol. The second-order valence-electron chi connectivity index (χ2n) is 7.78. The molecule has 0 radical (unpaired) electrons. The second kappa shape index (κ2) is 11.9. The van der Waals surface area contributed by atoms with E-state index in [0.29, 0.717) is 39.1 Å². The van der Waals surface area contributed by atoms with Crippen molar-refractivity contribution in [2.24, 2.45) is 0 Å². The monoisotopic (exact) mass is 420 g/mol. The summed E-state index contributed by atoms with van der Waals surface area (Å²) in [5, 5.41) is 15.6. The van der Waals surface area contributed by atoms with Gasteiger partial charge in [-0.3, -0.25) is 19.5 Å². The van der Waals surface area contributed by atoms with Crippen molar-refractivity contribution in [3.8, 4) is 0 Å². The number of aliphatic hydroxyl groups excluding tert-OH is 1. The first-order chi connectivity index (χ1) is 14.6. The number of ether oxygens (including phenoxy) is 2. The molecule has 2 fully saturated rings. The highest BCUT2D eigenvalue weighted by Crippen LogP contribution is 2.22. The molecule has 9 nitrogen and oxygen atoms in total. The third kappa shape index (κ3) is 7.32. The van der Waals surface area contributed by atoms with Crippen LogP contribution in [0.15, 0.2) is 24.5 Å². The summed E-state index contributed by atoms with van der Waals surface area (Å²) in [6.07, 6.45) is 5.05. The molecule has 30 heavy (non-hydrogen) atoms. The molecule has 0 aliphatic carbocycles. The lowest BCUT2D eigenvalue weighted by Crippen LogP contribution is -2.53. The Morgan fingerprint density at radius 1 is 1.17 bits per heavy atom. The van der Waals surface area contributed by atoms with Crippen LogP contribution < -0.4 is 10.6 Å². The highest BCUT2D eigenvalue weighted by molar-refractivity contribution is 5.78. The fraction of sp³-hybridized carbons (Fsp3) is 0.667. The van der Waals surface area contributed by atoms with Gasteiger partial charge in [-0.15, -0.1) is 0 Å². The SMILES string of the molecule is O=C(C[C@H]1CC[C@@H](NC(=O)CN2CCOCC2)[C@@H](CO)O1)NCCc1ccncc1. The molecule has 2 saturated heterocycles. The average molecular weight is 421 g/mol. The standard InChI is InChI=1S/C21H32N4O5/c26-15-19-18(24-21(28)14-25-9-11-29-12-10-25)2-1-17(30-19)13-20(27)23-8-5-16-3-6-22-7-4-16/h3-4,6-7,17-19,26H,1-2,5,8-15H2,(H,23,27)(H,24,28)/t17-,18-,19-/m1/s1. The van der Waals surface area contributed by atoms with Crippen molar-refractivity contribution in [3.05, 3.63) is 30.1 Å². The van der Waals surface area contributed by atoms with E-state index in [4.69, 9.17) is 9.47 Å². The number of nitrogens with zero attached hydrogens (tertiary/aromatic N) is 2. The molecule has 3 heterocycles. The van der Waals surface area contributed by atoms with Gasteiger partial charge in [0.05, 0.1) is 44.9 Å². The number of nitrogens with one attached hydrogen (secondary N) is 2. The topological polar surface area (TPSA) is 113 Å². The summed E-state index contributed by atoms with van der Waals surface area (Å²) >= 11 is 0. The van der Waals surface area contributed by atoms with Crippen molar-refractivity contribution >= 4 is 11.8 Å². The van der Waals surface area contributed by atoms with Crippen LogP contribution >= 0.6 is 0 Å². The summed E-state index contributed by atoms with van der Waals surface area (Å²) in [5.74, 6) is -0.142. The summed E-state index contributed by atoms with van der Waals surface area (Å²) in [4.78, 5) is 30.6. The van der Waals surface area contributed by atoms with Crippen molar-refractivity contribution in [3.63, 3.8) is 0 Å². The molecule has 3 N–H and O–H groups in total. The summed E-state index contributed by atoms with van der Waals surface area (Å²) in [5.41, 5.74) is 1.12. The molecule has 2 aliphatic rings. The molecule has 2 amide bonds. The van der Waals surface area contributed by atoms with Crippen LogP contribution in [0.3, 0.4) is 0 Å². The number of amides is 2. The van der Waals surface area contributed by atoms with Crippen LogP contribution in [0.4, 0.5) is 0 Å². The predicted octanol–water partition coefficient (Wildman–Crippen LogP) is -0.513. The summed E-state index contributed by atoms with van der Waals surface area (Å²) in [6, 6.07) is 3.61. The van der Waals surface area contributed by atoms with Crippen LogP contribution in [-0.4, -0.2) is 91.1 Å². The number of aliphatic hydroxyl groups is 1. The van der Waals surface area contributed by atoms with Gasteiger partial charge in [0.15, 0.2) is 0 Å². The fourth-order valence-electron chi connectivity index (χ4n) is 3.84. The van der Waals surface area contributed by atoms with E-state index < -0.39 is 6.10 Å². The number of aromatic nitrogens is 1. The molecule has 166 valence electrons. The second-order valence-corrected chi connectivity index (χ2v) is 7.78. The number of carbonyl (C=O) groups is 2. The van der Waals surface area contributed by atoms with Gasteiger partial charge in [-0.2, -0.15) is 0 Å². The lowest BCUT2D eigenvalue weighted by Gasteiger charge is -2.36. The molecule has 0 aromatic carbocycles. The van der Waals surface area contributed by atoms with Crippen LogP contribution in [0.25, 0.3) is 0 Å². The van der Waals surface area contributed by atoms with Gasteiger partial charge >= 0.3 is 0 Å². The van der Waals surface area contributed by atoms with Crippen LogP contribution in [0, 0.1) is 0 Å². The van der Waals surface area contributed by atoms with E-state index in [1.54, 1.807) is 12.4 Å². The van der Waals surface area contributed by atoms with E-state index in [2.05, 4.69) is 20.5 Å². The minimum absolute atomic E-state index is 0.0689. The number of hydrogen-bond acceptors (Lipinski definition) is 7. The lowest BCUT2D eigenvalue weighted by molar-refractivity contribution is -0.136. The lowest BCUT2D eigenvalue weighted by atomic mass is 9.97. The number of rotatable bonds is 9. The van der Waals surface area contributed by atoms with Gasteiger partial charge in [0.25, 0.3) is 0 Å². The van der Waals surface area contributed by atoms with Crippen molar-refractivity contribution < 1.29 is 24.2 Å². The van der Waals surface area contributed by atoms with Gasteiger partial charge < -0.3 is 25.2 Å². The van der Waals surface area contributed by atoms with Crippen LogP contribution in [0.2, 0.25) is 0 Å². The quantitative estimate of drug-likeness (QED) is 0.493. The van der Waals surface area contributed by atoms with E-state index in [1.165, 1.54) is 0 Å². The zero-order valence-corrected chi connectivity index (χ0v) is 17.3. The summed E-state index contributed by atoms with van der Waals surface area (Å²) in [6.45, 7) is 3.46. The van der Waals surface area contributed by atoms with E-state index in [1.807, 2.05) is 12.1 Å². The van der Waals surface area contributed by atoms with Gasteiger partial charge in [0.1, 0.15) is 6.10 Å². The minimum Gasteiger partial charge on any atom is -0.394 e. The summed E-state index contributed by atoms with van der Waals surface area (Å²) in [7, 11) is 0. The maximum absolute atomic E-state index is 12.3. The van der Waals surface area contributed by atoms with Gasteiger partial charge in [0.2, 0.25) is 11.8 Å². The summed E-state index contributed by atoms with van der Waals surface area (Å²) < 4.78 is 11.2. The third-order valence-electron chi connectivity index (χ3n) is 5.51. The van der Waals surface area contributed by atoms with E-state index >= 15 is 0 Å². The molecule has 2 aliphatic heterocycles. The van der Waals surface area contributed by atoms with Crippen LogP contribution in [-0.2, 0) is 25.5 Å². The largest absolute Gasteiger partial charge is 0.394 e. The van der Waals surface area contributed by atoms with Crippen molar-refractivity contribution in [1.29, 1.82) is 0 Å². The Labute approximate surface area is 177 Å². The average Bonchev–Trinajstić information content (AvgIpc) is 2.76. The molecular formula is C21H32N4O5. The number of pyridine rings is 1. The molecule has 3 rings (SSSR count). The number of morpholine rings is 1. The first-order valence-electron chi connectivity index (χ1n) is 10.7. The Kier molecular flexibility index (Phi) is 9.00. The smallest absolute Gasteiger partial charge is 0.234 e. The molecule has 0 unspecified atom stereocenters. The Balaban J connectivity index is 1.36. The maximum Gasteiger partial charge on any atom is 0.234 e. The molecule has 9 heteroatoms. The molecule has 0 spiro atoms. The third-order valence-corrected chi connectivity index (χ3v) is 5.51. The fourth-order valence-corrected chi connectivity index (χ4v) is 3.84. The van der Waals surface area contributed by atoms with Gasteiger partial charge in [0, 0.05) is 32.0 Å². The van der Waals surface area contributed by atoms with Crippen molar-refractivity contribution in [2.75, 3.05) is 46.0 Å². The molecule has 3 atom stereocenters. The molecule has 1 aromatic heterocycles. The van der Waals surface area contributed by atoms with Crippen molar-refractivity contribution in [2.45, 2.75) is 43.9 Å².